The predicted octanol–water partition coefficient (Wildman–Crippen LogP) is 3.06. The Morgan fingerprint density at radius 3 is 2.50 bits per heavy atom. The lowest BCUT2D eigenvalue weighted by molar-refractivity contribution is 0.126. The lowest BCUT2D eigenvalue weighted by atomic mass is 10.0. The molecule has 0 bridgehead atoms. The van der Waals surface area contributed by atoms with Crippen molar-refractivity contribution >= 4 is 5.96 Å². The molecule has 3 rings (SSSR count). The number of rotatable bonds is 7. The predicted molar refractivity (Wildman–Crippen MR) is 119 cm³/mol. The number of nitrogens with zero attached hydrogens (tertiary/aromatic N) is 4. The number of aliphatic imine (C=N–C) groups is 1. The van der Waals surface area contributed by atoms with E-state index in [2.05, 4.69) is 69.2 Å². The van der Waals surface area contributed by atoms with Crippen LogP contribution in [0.2, 0.25) is 0 Å². The second-order valence-electron chi connectivity index (χ2n) is 8.24. The second-order valence-corrected chi connectivity index (χ2v) is 8.24. The van der Waals surface area contributed by atoms with E-state index >= 15 is 0 Å². The summed E-state index contributed by atoms with van der Waals surface area (Å²) in [6.07, 6.45) is 3.73. The quantitative estimate of drug-likeness (QED) is 0.578. The molecule has 2 fully saturated rings. The molecule has 2 heterocycles. The number of nitrogens with one attached hydrogen (secondary N) is 1. The highest BCUT2D eigenvalue weighted by molar-refractivity contribution is 5.80. The number of piperazine rings is 1. The number of likely N-dealkylation sites (tertiary alicyclic amines) is 1. The summed E-state index contributed by atoms with van der Waals surface area (Å²) in [5, 5.41) is 3.66. The van der Waals surface area contributed by atoms with E-state index in [4.69, 9.17) is 0 Å². The number of hydrogen-bond acceptors (Lipinski definition) is 3. The van der Waals surface area contributed by atoms with E-state index in [1.54, 1.807) is 0 Å². The molecular weight excluding hydrogens is 346 g/mol. The first-order valence-corrected chi connectivity index (χ1v) is 11.2. The molecule has 1 aromatic rings. The van der Waals surface area contributed by atoms with Crippen molar-refractivity contribution in [3.63, 3.8) is 0 Å². The molecule has 0 radical (unpaired) electrons. The van der Waals surface area contributed by atoms with Gasteiger partial charge in [-0.2, -0.15) is 0 Å². The zero-order chi connectivity index (χ0) is 19.8. The summed E-state index contributed by atoms with van der Waals surface area (Å²) in [7, 11) is 1.92. The molecule has 5 nitrogen and oxygen atoms in total. The maximum absolute atomic E-state index is 4.58. The molecule has 1 aromatic carbocycles. The fraction of sp³-hybridized carbons (Fsp3) is 0.696. The molecule has 0 saturated carbocycles. The van der Waals surface area contributed by atoms with Gasteiger partial charge in [0, 0.05) is 52.4 Å². The molecule has 0 aromatic heterocycles. The summed E-state index contributed by atoms with van der Waals surface area (Å²) in [4.78, 5) is 12.3. The maximum Gasteiger partial charge on any atom is 0.193 e. The van der Waals surface area contributed by atoms with Crippen molar-refractivity contribution in [1.29, 1.82) is 0 Å². The van der Waals surface area contributed by atoms with Crippen molar-refractivity contribution < 1.29 is 0 Å². The van der Waals surface area contributed by atoms with Crippen LogP contribution in [0.4, 0.5) is 0 Å². The average molecular weight is 386 g/mol. The standard InChI is InChI=1S/C23H39N5/c1-4-12-26-13-11-20(19-26)18-25-23(24-3)28-16-14-27(15-17-28)22(5-2)21-9-7-6-8-10-21/h6-10,20,22H,4-5,11-19H2,1-3H3,(H,24,25). The van der Waals surface area contributed by atoms with Crippen LogP contribution in [-0.2, 0) is 0 Å². The lowest BCUT2D eigenvalue weighted by Crippen LogP contribution is -2.53. The largest absolute Gasteiger partial charge is 0.356 e. The van der Waals surface area contributed by atoms with Crippen LogP contribution in [0.3, 0.4) is 0 Å². The van der Waals surface area contributed by atoms with E-state index in [0.717, 1.165) is 51.0 Å². The molecule has 2 saturated heterocycles. The summed E-state index contributed by atoms with van der Waals surface area (Å²) < 4.78 is 0. The SMILES string of the molecule is CCCN1CCC(CNC(=NC)N2CCN(C(CC)c3ccccc3)CC2)C1. The highest BCUT2D eigenvalue weighted by atomic mass is 15.4. The van der Waals surface area contributed by atoms with Crippen LogP contribution in [0.25, 0.3) is 0 Å². The van der Waals surface area contributed by atoms with E-state index in [1.165, 1.54) is 38.0 Å². The molecule has 2 atom stereocenters. The Bertz CT molecular complexity index is 594. The molecule has 0 amide bonds. The summed E-state index contributed by atoms with van der Waals surface area (Å²) in [6.45, 7) is 13.7. The third-order valence-corrected chi connectivity index (χ3v) is 6.30. The van der Waals surface area contributed by atoms with Gasteiger partial charge in [0.2, 0.25) is 0 Å². The van der Waals surface area contributed by atoms with Crippen molar-refractivity contribution in [3.05, 3.63) is 35.9 Å². The monoisotopic (exact) mass is 385 g/mol. The summed E-state index contributed by atoms with van der Waals surface area (Å²) >= 11 is 0. The molecule has 2 aliphatic heterocycles. The normalized spacial score (nSPS) is 23.2. The first-order chi connectivity index (χ1) is 13.7. The maximum atomic E-state index is 4.58. The fourth-order valence-electron chi connectivity index (χ4n) is 4.79. The van der Waals surface area contributed by atoms with Gasteiger partial charge in [0.05, 0.1) is 0 Å². The Morgan fingerprint density at radius 2 is 1.86 bits per heavy atom. The Balaban J connectivity index is 1.46. The number of guanidine groups is 1. The van der Waals surface area contributed by atoms with Gasteiger partial charge in [-0.3, -0.25) is 9.89 Å². The summed E-state index contributed by atoms with van der Waals surface area (Å²) in [5.41, 5.74) is 1.44. The van der Waals surface area contributed by atoms with E-state index in [0.29, 0.717) is 6.04 Å². The van der Waals surface area contributed by atoms with Crippen molar-refractivity contribution in [3.8, 4) is 0 Å². The van der Waals surface area contributed by atoms with Crippen LogP contribution >= 0.6 is 0 Å². The van der Waals surface area contributed by atoms with Crippen molar-refractivity contribution in [2.24, 2.45) is 10.9 Å². The minimum Gasteiger partial charge on any atom is -0.356 e. The Morgan fingerprint density at radius 1 is 1.11 bits per heavy atom. The molecule has 1 N–H and O–H groups in total. The average Bonchev–Trinajstić information content (AvgIpc) is 3.19. The molecule has 5 heteroatoms. The van der Waals surface area contributed by atoms with Gasteiger partial charge in [-0.05, 0) is 43.8 Å². The Kier molecular flexibility index (Phi) is 8.16. The highest BCUT2D eigenvalue weighted by Gasteiger charge is 2.26. The van der Waals surface area contributed by atoms with Gasteiger partial charge in [0.1, 0.15) is 0 Å². The van der Waals surface area contributed by atoms with Crippen LogP contribution in [0.15, 0.2) is 35.3 Å². The Hall–Kier alpha value is -1.59. The smallest absolute Gasteiger partial charge is 0.193 e. The molecule has 0 aliphatic carbocycles. The van der Waals surface area contributed by atoms with Crippen LogP contribution in [0.5, 0.6) is 0 Å². The minimum atomic E-state index is 0.529. The van der Waals surface area contributed by atoms with Gasteiger partial charge in [0.15, 0.2) is 5.96 Å². The lowest BCUT2D eigenvalue weighted by Gasteiger charge is -2.40. The summed E-state index contributed by atoms with van der Waals surface area (Å²) in [5.74, 6) is 1.84. The molecule has 2 unspecified atom stereocenters. The van der Waals surface area contributed by atoms with Gasteiger partial charge in [-0.25, -0.2) is 0 Å². The van der Waals surface area contributed by atoms with Crippen LogP contribution in [0, 0.1) is 5.92 Å². The molecule has 0 spiro atoms. The van der Waals surface area contributed by atoms with Crippen molar-refractivity contribution in [2.45, 2.75) is 39.2 Å². The Labute approximate surface area is 171 Å². The fourth-order valence-corrected chi connectivity index (χ4v) is 4.79. The van der Waals surface area contributed by atoms with E-state index in [1.807, 2.05) is 7.05 Å². The van der Waals surface area contributed by atoms with E-state index in [-0.39, 0.29) is 0 Å². The topological polar surface area (TPSA) is 34.1 Å². The first kappa shape index (κ1) is 21.1. The molecule has 2 aliphatic rings. The van der Waals surface area contributed by atoms with Crippen LogP contribution in [0.1, 0.15) is 44.7 Å². The summed E-state index contributed by atoms with van der Waals surface area (Å²) in [6, 6.07) is 11.5. The molecule has 28 heavy (non-hydrogen) atoms. The van der Waals surface area contributed by atoms with Crippen molar-refractivity contribution in [2.75, 3.05) is 59.4 Å². The van der Waals surface area contributed by atoms with Crippen LogP contribution in [-0.4, -0.2) is 80.1 Å². The van der Waals surface area contributed by atoms with Gasteiger partial charge in [-0.1, -0.05) is 44.2 Å². The van der Waals surface area contributed by atoms with Gasteiger partial charge in [-0.15, -0.1) is 0 Å². The van der Waals surface area contributed by atoms with E-state index < -0.39 is 0 Å². The minimum absolute atomic E-state index is 0.529. The zero-order valence-electron chi connectivity index (χ0n) is 18.1. The molecule has 156 valence electrons. The van der Waals surface area contributed by atoms with Gasteiger partial charge < -0.3 is 15.1 Å². The third kappa shape index (κ3) is 5.48. The van der Waals surface area contributed by atoms with Gasteiger partial charge in [0.25, 0.3) is 0 Å². The first-order valence-electron chi connectivity index (χ1n) is 11.2. The zero-order valence-corrected chi connectivity index (χ0v) is 18.1. The van der Waals surface area contributed by atoms with Gasteiger partial charge >= 0.3 is 0 Å². The second kappa shape index (κ2) is 10.8. The van der Waals surface area contributed by atoms with Crippen molar-refractivity contribution in [1.82, 2.24) is 20.0 Å². The molecular formula is C23H39N5. The number of hydrogen-bond donors (Lipinski definition) is 1. The van der Waals surface area contributed by atoms with E-state index in [9.17, 15) is 0 Å². The third-order valence-electron chi connectivity index (χ3n) is 6.30. The highest BCUT2D eigenvalue weighted by Crippen LogP contribution is 2.25. The number of benzene rings is 1. The van der Waals surface area contributed by atoms with Crippen LogP contribution < -0.4 is 5.32 Å².